The summed E-state index contributed by atoms with van der Waals surface area (Å²) in [5, 5.41) is 10.9. The van der Waals surface area contributed by atoms with Gasteiger partial charge >= 0.3 is 12.0 Å². The average molecular weight is 302 g/mol. The van der Waals surface area contributed by atoms with E-state index in [1.165, 1.54) is 11.8 Å². The minimum Gasteiger partial charge on any atom is -0.480 e. The Morgan fingerprint density at radius 2 is 2.15 bits per heavy atom. The van der Waals surface area contributed by atoms with Crippen molar-refractivity contribution in [3.05, 3.63) is 29.8 Å². The standard InChI is InChI=1S/C12H12F2N2O3S/c1-6-16(10(5-20-6)11(17)18)12(19)15-9-4-7(13)2-3-8(9)14/h2-4,6,10H,5H2,1H3,(H,15,19)(H,17,18). The van der Waals surface area contributed by atoms with Crippen molar-refractivity contribution in [1.82, 2.24) is 4.90 Å². The lowest BCUT2D eigenvalue weighted by molar-refractivity contribution is -0.141. The molecule has 0 saturated carbocycles. The summed E-state index contributed by atoms with van der Waals surface area (Å²) >= 11 is 1.30. The Morgan fingerprint density at radius 3 is 2.80 bits per heavy atom. The largest absolute Gasteiger partial charge is 0.480 e. The Hall–Kier alpha value is -1.83. The molecule has 1 saturated heterocycles. The summed E-state index contributed by atoms with van der Waals surface area (Å²) in [7, 11) is 0. The van der Waals surface area contributed by atoms with Gasteiger partial charge in [-0.25, -0.2) is 18.4 Å². The van der Waals surface area contributed by atoms with E-state index in [4.69, 9.17) is 5.11 Å². The first-order chi connectivity index (χ1) is 9.40. The molecule has 20 heavy (non-hydrogen) atoms. The number of urea groups is 1. The highest BCUT2D eigenvalue weighted by Gasteiger charge is 2.39. The molecule has 8 heteroatoms. The fourth-order valence-corrected chi connectivity index (χ4v) is 3.08. The van der Waals surface area contributed by atoms with Crippen molar-refractivity contribution in [2.45, 2.75) is 18.3 Å². The minimum absolute atomic E-state index is 0.259. The smallest absolute Gasteiger partial charge is 0.327 e. The van der Waals surface area contributed by atoms with Gasteiger partial charge in [0, 0.05) is 11.8 Å². The van der Waals surface area contributed by atoms with Crippen LogP contribution in [0, 0.1) is 11.6 Å². The molecule has 0 radical (unpaired) electrons. The predicted octanol–water partition coefficient (Wildman–Crippen LogP) is 2.34. The van der Waals surface area contributed by atoms with Gasteiger partial charge in [-0.3, -0.25) is 4.90 Å². The third-order valence-corrected chi connectivity index (χ3v) is 4.13. The van der Waals surface area contributed by atoms with Gasteiger partial charge in [0.25, 0.3) is 0 Å². The van der Waals surface area contributed by atoms with Crippen molar-refractivity contribution in [2.24, 2.45) is 0 Å². The lowest BCUT2D eigenvalue weighted by atomic mass is 10.2. The molecule has 2 amide bonds. The third-order valence-electron chi connectivity index (χ3n) is 2.91. The van der Waals surface area contributed by atoms with Crippen LogP contribution in [-0.2, 0) is 4.79 Å². The summed E-state index contributed by atoms with van der Waals surface area (Å²) in [6, 6.07) is 0.920. The van der Waals surface area contributed by atoms with Crippen LogP contribution in [0.4, 0.5) is 19.3 Å². The minimum atomic E-state index is -1.13. The number of nitrogens with one attached hydrogen (secondary N) is 1. The molecule has 2 unspecified atom stereocenters. The maximum absolute atomic E-state index is 13.4. The van der Waals surface area contributed by atoms with E-state index in [1.807, 2.05) is 0 Å². The number of rotatable bonds is 2. The summed E-state index contributed by atoms with van der Waals surface area (Å²) in [6.45, 7) is 1.68. The van der Waals surface area contributed by atoms with Gasteiger partial charge in [0.05, 0.1) is 11.1 Å². The van der Waals surface area contributed by atoms with Crippen LogP contribution in [0.3, 0.4) is 0 Å². The summed E-state index contributed by atoms with van der Waals surface area (Å²) in [4.78, 5) is 24.2. The van der Waals surface area contributed by atoms with Crippen LogP contribution >= 0.6 is 11.8 Å². The lowest BCUT2D eigenvalue weighted by Gasteiger charge is -2.25. The highest BCUT2D eigenvalue weighted by molar-refractivity contribution is 8.00. The molecule has 1 aliphatic heterocycles. The van der Waals surface area contributed by atoms with Crippen molar-refractivity contribution >= 4 is 29.4 Å². The number of carboxylic acid groups (broad SMARTS) is 1. The van der Waals surface area contributed by atoms with Crippen molar-refractivity contribution in [3.63, 3.8) is 0 Å². The van der Waals surface area contributed by atoms with Gasteiger partial charge in [0.1, 0.15) is 17.7 Å². The Labute approximate surface area is 117 Å². The Morgan fingerprint density at radius 1 is 1.45 bits per heavy atom. The zero-order valence-electron chi connectivity index (χ0n) is 10.5. The normalized spacial score (nSPS) is 21.9. The number of carboxylic acids is 1. The molecule has 2 rings (SSSR count). The van der Waals surface area contributed by atoms with Crippen LogP contribution in [0.1, 0.15) is 6.92 Å². The highest BCUT2D eigenvalue weighted by atomic mass is 32.2. The second-order valence-corrected chi connectivity index (χ2v) is 5.60. The quantitative estimate of drug-likeness (QED) is 0.880. The number of carbonyl (C=O) groups excluding carboxylic acids is 1. The summed E-state index contributed by atoms with van der Waals surface area (Å²) in [5.41, 5.74) is -0.316. The van der Waals surface area contributed by atoms with E-state index in [-0.39, 0.29) is 16.8 Å². The number of hydrogen-bond acceptors (Lipinski definition) is 3. The molecule has 0 bridgehead atoms. The molecule has 0 spiro atoms. The first kappa shape index (κ1) is 14.6. The monoisotopic (exact) mass is 302 g/mol. The van der Waals surface area contributed by atoms with Gasteiger partial charge < -0.3 is 10.4 Å². The van der Waals surface area contributed by atoms with Crippen LogP contribution in [-0.4, -0.2) is 39.2 Å². The predicted molar refractivity (Wildman–Crippen MR) is 70.6 cm³/mol. The van der Waals surface area contributed by atoms with Gasteiger partial charge in [-0.05, 0) is 19.1 Å². The van der Waals surface area contributed by atoms with E-state index in [0.29, 0.717) is 0 Å². The average Bonchev–Trinajstić information content (AvgIpc) is 2.76. The molecular formula is C12H12F2N2O3S. The van der Waals surface area contributed by atoms with Gasteiger partial charge in [-0.1, -0.05) is 0 Å². The number of hydrogen-bond donors (Lipinski definition) is 2. The van der Waals surface area contributed by atoms with E-state index in [0.717, 1.165) is 23.1 Å². The summed E-state index contributed by atoms with van der Waals surface area (Å²) in [6.07, 6.45) is 0. The number of nitrogens with zero attached hydrogens (tertiary/aromatic N) is 1. The molecule has 0 aromatic heterocycles. The van der Waals surface area contributed by atoms with Crippen LogP contribution in [0.2, 0.25) is 0 Å². The van der Waals surface area contributed by atoms with Gasteiger partial charge in [0.15, 0.2) is 0 Å². The molecule has 2 atom stereocenters. The number of halogens is 2. The van der Waals surface area contributed by atoms with Crippen molar-refractivity contribution in [3.8, 4) is 0 Å². The molecule has 0 aliphatic carbocycles. The third kappa shape index (κ3) is 2.84. The molecule has 2 N–H and O–H groups in total. The van der Waals surface area contributed by atoms with Crippen LogP contribution in [0.25, 0.3) is 0 Å². The zero-order chi connectivity index (χ0) is 14.9. The van der Waals surface area contributed by atoms with Crippen LogP contribution in [0.5, 0.6) is 0 Å². The molecule has 1 aromatic carbocycles. The number of anilines is 1. The first-order valence-electron chi connectivity index (χ1n) is 5.79. The van der Waals surface area contributed by atoms with E-state index in [2.05, 4.69) is 5.32 Å². The summed E-state index contributed by atoms with van der Waals surface area (Å²) < 4.78 is 26.5. The summed E-state index contributed by atoms with van der Waals surface area (Å²) in [5.74, 6) is -2.35. The van der Waals surface area contributed by atoms with Gasteiger partial charge in [0.2, 0.25) is 0 Å². The second-order valence-electron chi connectivity index (χ2n) is 4.25. The van der Waals surface area contributed by atoms with Crippen LogP contribution < -0.4 is 5.32 Å². The van der Waals surface area contributed by atoms with Gasteiger partial charge in [-0.2, -0.15) is 0 Å². The van der Waals surface area contributed by atoms with E-state index >= 15 is 0 Å². The maximum Gasteiger partial charge on any atom is 0.327 e. The Kier molecular flexibility index (Phi) is 4.12. The molecule has 1 fully saturated rings. The molecular weight excluding hydrogens is 290 g/mol. The second kappa shape index (κ2) is 5.66. The SMILES string of the molecule is CC1SCC(C(=O)O)N1C(=O)Nc1cc(F)ccc1F. The number of carbonyl (C=O) groups is 2. The van der Waals surface area contributed by atoms with E-state index < -0.39 is 29.7 Å². The topological polar surface area (TPSA) is 69.6 Å². The Bertz CT molecular complexity index is 556. The Balaban J connectivity index is 2.18. The number of thioether (sulfide) groups is 1. The van der Waals surface area contributed by atoms with Crippen LogP contribution in [0.15, 0.2) is 18.2 Å². The maximum atomic E-state index is 13.4. The molecule has 108 valence electrons. The highest BCUT2D eigenvalue weighted by Crippen LogP contribution is 2.29. The molecule has 1 heterocycles. The lowest BCUT2D eigenvalue weighted by Crippen LogP contribution is -2.46. The molecule has 1 aromatic rings. The molecule has 5 nitrogen and oxygen atoms in total. The van der Waals surface area contributed by atoms with E-state index in [1.54, 1.807) is 6.92 Å². The first-order valence-corrected chi connectivity index (χ1v) is 6.84. The number of aliphatic carboxylic acids is 1. The van der Waals surface area contributed by atoms with Gasteiger partial charge in [-0.15, -0.1) is 11.8 Å². The fraction of sp³-hybridized carbons (Fsp3) is 0.333. The van der Waals surface area contributed by atoms with Crippen molar-refractivity contribution in [1.29, 1.82) is 0 Å². The van der Waals surface area contributed by atoms with Crippen molar-refractivity contribution < 1.29 is 23.5 Å². The fourth-order valence-electron chi connectivity index (χ4n) is 1.91. The van der Waals surface area contributed by atoms with Crippen molar-refractivity contribution in [2.75, 3.05) is 11.1 Å². The van der Waals surface area contributed by atoms with E-state index in [9.17, 15) is 18.4 Å². The molecule has 1 aliphatic rings. The number of amides is 2. The zero-order valence-corrected chi connectivity index (χ0v) is 11.3. The number of benzene rings is 1.